The molecule has 0 aliphatic carbocycles. The summed E-state index contributed by atoms with van der Waals surface area (Å²) in [6, 6.07) is -0.818. The second kappa shape index (κ2) is 14.8. The molecule has 25 heavy (non-hydrogen) atoms. The lowest BCUT2D eigenvalue weighted by atomic mass is 10.0. The standard InChI is InChI=1S/C16H30N2O7/c1-12(2)16(21)13(18-15(20)11-25-8-6-23-4)9-17-14(19)10-24-7-5-22-3/h12-13H,5-11H2,1-4H3,(H,17,19)(H,18,20)/t13-/m0/s1. The maximum atomic E-state index is 12.2. The van der Waals surface area contributed by atoms with Crippen molar-refractivity contribution in [3.63, 3.8) is 0 Å². The fourth-order valence-corrected chi connectivity index (χ4v) is 1.74. The Morgan fingerprint density at radius 2 is 1.36 bits per heavy atom. The van der Waals surface area contributed by atoms with E-state index < -0.39 is 11.9 Å². The largest absolute Gasteiger partial charge is 0.382 e. The van der Waals surface area contributed by atoms with E-state index in [2.05, 4.69) is 10.6 Å². The fraction of sp³-hybridized carbons (Fsp3) is 0.812. The summed E-state index contributed by atoms with van der Waals surface area (Å²) in [5.41, 5.74) is 0. The van der Waals surface area contributed by atoms with Crippen molar-refractivity contribution in [1.29, 1.82) is 0 Å². The van der Waals surface area contributed by atoms with Gasteiger partial charge >= 0.3 is 0 Å². The molecule has 0 radical (unpaired) electrons. The highest BCUT2D eigenvalue weighted by atomic mass is 16.5. The zero-order valence-electron chi connectivity index (χ0n) is 15.5. The van der Waals surface area contributed by atoms with Gasteiger partial charge in [-0.15, -0.1) is 0 Å². The Balaban J connectivity index is 4.32. The maximum Gasteiger partial charge on any atom is 0.246 e. The Labute approximate surface area is 148 Å². The predicted molar refractivity (Wildman–Crippen MR) is 90.2 cm³/mol. The quantitative estimate of drug-likeness (QED) is 0.365. The fourth-order valence-electron chi connectivity index (χ4n) is 1.74. The first-order valence-corrected chi connectivity index (χ1v) is 8.15. The van der Waals surface area contributed by atoms with Crippen LogP contribution in [0.2, 0.25) is 0 Å². The number of ether oxygens (including phenoxy) is 4. The minimum Gasteiger partial charge on any atom is -0.382 e. The molecule has 0 aliphatic heterocycles. The lowest BCUT2D eigenvalue weighted by molar-refractivity contribution is -0.133. The van der Waals surface area contributed by atoms with Gasteiger partial charge in [0.1, 0.15) is 19.3 Å². The molecule has 2 N–H and O–H groups in total. The van der Waals surface area contributed by atoms with Gasteiger partial charge in [-0.05, 0) is 0 Å². The van der Waals surface area contributed by atoms with E-state index in [-0.39, 0.29) is 44.0 Å². The molecule has 0 aromatic rings. The number of rotatable bonds is 15. The molecule has 0 aromatic carbocycles. The maximum absolute atomic E-state index is 12.2. The number of nitrogens with one attached hydrogen (secondary N) is 2. The summed E-state index contributed by atoms with van der Waals surface area (Å²) < 4.78 is 19.8. The molecule has 1 atom stereocenters. The van der Waals surface area contributed by atoms with Crippen LogP contribution in [0.4, 0.5) is 0 Å². The van der Waals surface area contributed by atoms with Gasteiger partial charge in [0.2, 0.25) is 11.8 Å². The number of ketones is 1. The summed E-state index contributed by atoms with van der Waals surface area (Å²) in [6.45, 7) is 4.48. The van der Waals surface area contributed by atoms with Crippen molar-refractivity contribution in [3.8, 4) is 0 Å². The summed E-state index contributed by atoms with van der Waals surface area (Å²) >= 11 is 0. The molecule has 0 fully saturated rings. The normalized spacial score (nSPS) is 12.0. The molecular weight excluding hydrogens is 332 g/mol. The van der Waals surface area contributed by atoms with Gasteiger partial charge in [0, 0.05) is 26.7 Å². The molecule has 146 valence electrons. The molecule has 0 aromatic heterocycles. The van der Waals surface area contributed by atoms with Crippen LogP contribution in [-0.4, -0.2) is 84.0 Å². The first-order chi connectivity index (χ1) is 11.9. The van der Waals surface area contributed by atoms with Crippen molar-refractivity contribution in [2.75, 3.05) is 60.4 Å². The summed E-state index contributed by atoms with van der Waals surface area (Å²) in [6.07, 6.45) is 0. The third-order valence-corrected chi connectivity index (χ3v) is 3.08. The van der Waals surface area contributed by atoms with E-state index in [9.17, 15) is 14.4 Å². The van der Waals surface area contributed by atoms with E-state index in [1.807, 2.05) is 0 Å². The smallest absolute Gasteiger partial charge is 0.246 e. The minimum absolute atomic E-state index is 0.00665. The van der Waals surface area contributed by atoms with E-state index in [4.69, 9.17) is 18.9 Å². The van der Waals surface area contributed by atoms with Crippen molar-refractivity contribution in [2.45, 2.75) is 19.9 Å². The number of carbonyl (C=O) groups excluding carboxylic acids is 3. The highest BCUT2D eigenvalue weighted by Crippen LogP contribution is 2.00. The van der Waals surface area contributed by atoms with Crippen LogP contribution >= 0.6 is 0 Å². The molecule has 0 aliphatic rings. The van der Waals surface area contributed by atoms with Crippen LogP contribution < -0.4 is 10.6 Å². The Bertz CT molecular complexity index is 402. The highest BCUT2D eigenvalue weighted by molar-refractivity contribution is 5.91. The monoisotopic (exact) mass is 362 g/mol. The lowest BCUT2D eigenvalue weighted by Crippen LogP contribution is -2.51. The predicted octanol–water partition coefficient (Wildman–Crippen LogP) is -0.861. The Hall–Kier alpha value is -1.55. The average molecular weight is 362 g/mol. The number of hydrogen-bond acceptors (Lipinski definition) is 7. The molecule has 9 nitrogen and oxygen atoms in total. The van der Waals surface area contributed by atoms with Crippen LogP contribution in [0.3, 0.4) is 0 Å². The topological polar surface area (TPSA) is 112 Å². The Morgan fingerprint density at radius 3 is 1.84 bits per heavy atom. The van der Waals surface area contributed by atoms with Gasteiger partial charge in [0.25, 0.3) is 0 Å². The number of carbonyl (C=O) groups is 3. The number of methoxy groups -OCH3 is 2. The van der Waals surface area contributed by atoms with Gasteiger partial charge < -0.3 is 29.6 Å². The second-order valence-corrected chi connectivity index (χ2v) is 5.57. The molecule has 0 unspecified atom stereocenters. The van der Waals surface area contributed by atoms with Gasteiger partial charge in [-0.2, -0.15) is 0 Å². The van der Waals surface area contributed by atoms with Gasteiger partial charge in [-0.1, -0.05) is 13.8 Å². The van der Waals surface area contributed by atoms with Gasteiger partial charge in [0.05, 0.1) is 26.4 Å². The number of hydrogen-bond donors (Lipinski definition) is 2. The molecule has 0 heterocycles. The SMILES string of the molecule is COCCOCC(=O)NC[C@H](NC(=O)COCCOC)C(=O)C(C)C. The van der Waals surface area contributed by atoms with Crippen molar-refractivity contribution < 1.29 is 33.3 Å². The van der Waals surface area contributed by atoms with Crippen LogP contribution in [0.25, 0.3) is 0 Å². The summed E-state index contributed by atoms with van der Waals surface area (Å²) in [5.74, 6) is -1.26. The Kier molecular flexibility index (Phi) is 13.8. The molecular formula is C16H30N2O7. The molecule has 0 saturated heterocycles. The summed E-state index contributed by atoms with van der Waals surface area (Å²) in [5, 5.41) is 5.15. The molecule has 0 rings (SSSR count). The average Bonchev–Trinajstić information content (AvgIpc) is 2.58. The van der Waals surface area contributed by atoms with E-state index in [1.54, 1.807) is 13.8 Å². The zero-order valence-corrected chi connectivity index (χ0v) is 15.5. The molecule has 0 saturated carbocycles. The Morgan fingerprint density at radius 1 is 0.840 bits per heavy atom. The lowest BCUT2D eigenvalue weighted by Gasteiger charge is -2.20. The van der Waals surface area contributed by atoms with Crippen LogP contribution in [0.5, 0.6) is 0 Å². The van der Waals surface area contributed by atoms with Crippen molar-refractivity contribution in [1.82, 2.24) is 10.6 Å². The van der Waals surface area contributed by atoms with E-state index in [0.717, 1.165) is 0 Å². The van der Waals surface area contributed by atoms with Crippen LogP contribution in [-0.2, 0) is 33.3 Å². The molecule has 0 bridgehead atoms. The van der Waals surface area contributed by atoms with Gasteiger partial charge in [0.15, 0.2) is 5.78 Å². The minimum atomic E-state index is -0.818. The van der Waals surface area contributed by atoms with Crippen molar-refractivity contribution >= 4 is 17.6 Å². The van der Waals surface area contributed by atoms with Crippen LogP contribution in [0.1, 0.15) is 13.8 Å². The molecule has 2 amide bonds. The summed E-state index contributed by atoms with van der Waals surface area (Å²) in [7, 11) is 3.07. The zero-order chi connectivity index (χ0) is 19.1. The third-order valence-electron chi connectivity index (χ3n) is 3.08. The van der Waals surface area contributed by atoms with Crippen LogP contribution in [0.15, 0.2) is 0 Å². The molecule has 9 heteroatoms. The third kappa shape index (κ3) is 12.5. The first kappa shape index (κ1) is 23.4. The molecule has 0 spiro atoms. The van der Waals surface area contributed by atoms with Crippen LogP contribution in [0, 0.1) is 5.92 Å². The number of Topliss-reactive ketones (excluding diaryl/α,β-unsaturated/α-hetero) is 1. The summed E-state index contributed by atoms with van der Waals surface area (Å²) in [4.78, 5) is 35.7. The van der Waals surface area contributed by atoms with Crippen molar-refractivity contribution in [2.24, 2.45) is 5.92 Å². The van der Waals surface area contributed by atoms with E-state index in [0.29, 0.717) is 19.8 Å². The van der Waals surface area contributed by atoms with Gasteiger partial charge in [-0.3, -0.25) is 14.4 Å². The van der Waals surface area contributed by atoms with E-state index >= 15 is 0 Å². The van der Waals surface area contributed by atoms with E-state index in [1.165, 1.54) is 14.2 Å². The van der Waals surface area contributed by atoms with Crippen molar-refractivity contribution in [3.05, 3.63) is 0 Å². The number of amides is 2. The second-order valence-electron chi connectivity index (χ2n) is 5.57. The highest BCUT2D eigenvalue weighted by Gasteiger charge is 2.23. The first-order valence-electron chi connectivity index (χ1n) is 8.15. The van der Waals surface area contributed by atoms with Gasteiger partial charge in [-0.25, -0.2) is 0 Å².